The predicted octanol–water partition coefficient (Wildman–Crippen LogP) is 2.41. The van der Waals surface area contributed by atoms with Crippen molar-refractivity contribution in [3.63, 3.8) is 0 Å². The molecule has 0 saturated carbocycles. The van der Waals surface area contributed by atoms with Crippen LogP contribution in [0.4, 0.5) is 0 Å². The molecule has 68 valence electrons. The Hall–Kier alpha value is -1.06. The molecule has 0 saturated heterocycles. The third-order valence-corrected chi connectivity index (χ3v) is 3.16. The molecule has 0 fully saturated rings. The second-order valence-corrected chi connectivity index (χ2v) is 4.17. The van der Waals surface area contributed by atoms with Crippen molar-refractivity contribution in [1.82, 2.24) is 0 Å². The van der Waals surface area contributed by atoms with Crippen LogP contribution in [0, 0.1) is 6.92 Å². The first-order chi connectivity index (χ1) is 6.22. The van der Waals surface area contributed by atoms with Gasteiger partial charge in [-0.15, -0.1) is 11.3 Å². The van der Waals surface area contributed by atoms with E-state index in [1.54, 1.807) is 0 Å². The number of benzene rings is 1. The van der Waals surface area contributed by atoms with Crippen molar-refractivity contribution in [2.24, 2.45) is 0 Å². The molecular formula is C10H10O2S. The molecule has 2 N–H and O–H groups in total. The third kappa shape index (κ3) is 1.30. The molecule has 1 aromatic heterocycles. The summed E-state index contributed by atoms with van der Waals surface area (Å²) < 4.78 is 1.03. The van der Waals surface area contributed by atoms with Crippen LogP contribution in [0.5, 0.6) is 5.75 Å². The molecule has 0 unspecified atom stereocenters. The number of hydrogen-bond acceptors (Lipinski definition) is 3. The zero-order chi connectivity index (χ0) is 9.42. The average molecular weight is 194 g/mol. The highest BCUT2D eigenvalue weighted by Gasteiger charge is 2.09. The predicted molar refractivity (Wildman–Crippen MR) is 54.1 cm³/mol. The van der Waals surface area contributed by atoms with Crippen LogP contribution in [0.15, 0.2) is 18.2 Å². The van der Waals surface area contributed by atoms with E-state index in [9.17, 15) is 5.11 Å². The van der Waals surface area contributed by atoms with Crippen molar-refractivity contribution in [3.8, 4) is 5.75 Å². The average Bonchev–Trinajstić information content (AvgIpc) is 2.42. The van der Waals surface area contributed by atoms with Crippen LogP contribution >= 0.6 is 11.3 Å². The molecule has 0 amide bonds. The number of rotatable bonds is 1. The highest BCUT2D eigenvalue weighted by atomic mass is 32.1. The van der Waals surface area contributed by atoms with Crippen LogP contribution in [0.25, 0.3) is 10.1 Å². The number of aliphatic hydroxyl groups excluding tert-OH is 1. The SMILES string of the molecule is Cc1ccc2c(O)c(CO)sc2c1. The minimum absolute atomic E-state index is 0.0930. The third-order valence-electron chi connectivity index (χ3n) is 2.03. The number of aryl methyl sites for hydroxylation is 1. The first-order valence-corrected chi connectivity index (χ1v) is 4.86. The van der Waals surface area contributed by atoms with Gasteiger partial charge in [-0.1, -0.05) is 6.07 Å². The second kappa shape index (κ2) is 3.01. The van der Waals surface area contributed by atoms with E-state index >= 15 is 0 Å². The van der Waals surface area contributed by atoms with Gasteiger partial charge < -0.3 is 10.2 Å². The molecule has 2 rings (SSSR count). The normalized spacial score (nSPS) is 10.9. The summed E-state index contributed by atoms with van der Waals surface area (Å²) >= 11 is 1.44. The maximum Gasteiger partial charge on any atom is 0.139 e. The largest absolute Gasteiger partial charge is 0.506 e. The minimum atomic E-state index is -0.0930. The van der Waals surface area contributed by atoms with E-state index < -0.39 is 0 Å². The maximum absolute atomic E-state index is 9.63. The van der Waals surface area contributed by atoms with E-state index in [0.29, 0.717) is 4.88 Å². The van der Waals surface area contributed by atoms with Crippen LogP contribution in [0.2, 0.25) is 0 Å². The summed E-state index contributed by atoms with van der Waals surface area (Å²) in [5, 5.41) is 19.4. The lowest BCUT2D eigenvalue weighted by molar-refractivity contribution is 0.280. The standard InChI is InChI=1S/C10H10O2S/c1-6-2-3-7-8(4-6)13-9(5-11)10(7)12/h2-4,11-12H,5H2,1H3. The Kier molecular flexibility index (Phi) is 1.98. The first kappa shape index (κ1) is 8.53. The van der Waals surface area contributed by atoms with Gasteiger partial charge in [0.05, 0.1) is 11.5 Å². The lowest BCUT2D eigenvalue weighted by Gasteiger charge is -1.92. The lowest BCUT2D eigenvalue weighted by atomic mass is 10.2. The van der Waals surface area contributed by atoms with Crippen LogP contribution in [0.1, 0.15) is 10.4 Å². The summed E-state index contributed by atoms with van der Waals surface area (Å²) in [6.07, 6.45) is 0. The Bertz CT molecular complexity index is 445. The smallest absolute Gasteiger partial charge is 0.139 e. The van der Waals surface area contributed by atoms with E-state index in [0.717, 1.165) is 10.1 Å². The summed E-state index contributed by atoms with van der Waals surface area (Å²) in [7, 11) is 0. The molecular weight excluding hydrogens is 184 g/mol. The summed E-state index contributed by atoms with van der Waals surface area (Å²) in [6.45, 7) is 1.92. The second-order valence-electron chi connectivity index (χ2n) is 3.03. The van der Waals surface area contributed by atoms with E-state index in [-0.39, 0.29) is 12.4 Å². The molecule has 0 aliphatic carbocycles. The Morgan fingerprint density at radius 2 is 2.15 bits per heavy atom. The Labute approximate surface area is 80.1 Å². The molecule has 2 nitrogen and oxygen atoms in total. The number of aliphatic hydroxyl groups is 1. The molecule has 1 aromatic carbocycles. The van der Waals surface area contributed by atoms with E-state index in [4.69, 9.17) is 5.11 Å². The monoisotopic (exact) mass is 194 g/mol. The highest BCUT2D eigenvalue weighted by molar-refractivity contribution is 7.19. The molecule has 0 aliphatic heterocycles. The van der Waals surface area contributed by atoms with Crippen LogP contribution in [-0.2, 0) is 6.61 Å². The van der Waals surface area contributed by atoms with Crippen LogP contribution in [0.3, 0.4) is 0 Å². The van der Waals surface area contributed by atoms with Crippen molar-refractivity contribution in [2.75, 3.05) is 0 Å². The van der Waals surface area contributed by atoms with E-state index in [1.807, 2.05) is 25.1 Å². The van der Waals surface area contributed by atoms with Gasteiger partial charge in [-0.05, 0) is 24.6 Å². The van der Waals surface area contributed by atoms with Gasteiger partial charge in [-0.25, -0.2) is 0 Å². The molecule has 1 heterocycles. The van der Waals surface area contributed by atoms with Gasteiger partial charge in [0.15, 0.2) is 0 Å². The summed E-state index contributed by atoms with van der Waals surface area (Å²) in [6, 6.07) is 5.85. The molecule has 13 heavy (non-hydrogen) atoms. The number of hydrogen-bond donors (Lipinski definition) is 2. The molecule has 0 atom stereocenters. The molecule has 0 aliphatic rings. The molecule has 0 bridgehead atoms. The van der Waals surface area contributed by atoms with E-state index in [1.165, 1.54) is 16.9 Å². The van der Waals surface area contributed by atoms with Gasteiger partial charge in [0.2, 0.25) is 0 Å². The highest BCUT2D eigenvalue weighted by Crippen LogP contribution is 2.36. The molecule has 3 heteroatoms. The zero-order valence-electron chi connectivity index (χ0n) is 7.24. The van der Waals surface area contributed by atoms with Gasteiger partial charge in [-0.2, -0.15) is 0 Å². The fraction of sp³-hybridized carbons (Fsp3) is 0.200. The van der Waals surface area contributed by atoms with Crippen molar-refractivity contribution in [2.45, 2.75) is 13.5 Å². The number of aromatic hydroxyl groups is 1. The minimum Gasteiger partial charge on any atom is -0.506 e. The van der Waals surface area contributed by atoms with Gasteiger partial charge in [0, 0.05) is 10.1 Å². The van der Waals surface area contributed by atoms with Crippen LogP contribution < -0.4 is 0 Å². The first-order valence-electron chi connectivity index (χ1n) is 4.04. The Morgan fingerprint density at radius 1 is 1.38 bits per heavy atom. The Balaban J connectivity index is 2.76. The van der Waals surface area contributed by atoms with Gasteiger partial charge in [0.1, 0.15) is 5.75 Å². The summed E-state index contributed by atoms with van der Waals surface area (Å²) in [5.41, 5.74) is 1.17. The summed E-state index contributed by atoms with van der Waals surface area (Å²) in [4.78, 5) is 0.639. The van der Waals surface area contributed by atoms with Crippen molar-refractivity contribution in [1.29, 1.82) is 0 Å². The molecule has 0 radical (unpaired) electrons. The van der Waals surface area contributed by atoms with Crippen LogP contribution in [-0.4, -0.2) is 10.2 Å². The van der Waals surface area contributed by atoms with Gasteiger partial charge in [-0.3, -0.25) is 0 Å². The van der Waals surface area contributed by atoms with Gasteiger partial charge >= 0.3 is 0 Å². The van der Waals surface area contributed by atoms with Crippen molar-refractivity contribution in [3.05, 3.63) is 28.6 Å². The Morgan fingerprint density at radius 3 is 2.85 bits per heavy atom. The van der Waals surface area contributed by atoms with Crippen molar-refractivity contribution < 1.29 is 10.2 Å². The van der Waals surface area contributed by atoms with Gasteiger partial charge in [0.25, 0.3) is 0 Å². The topological polar surface area (TPSA) is 40.5 Å². The van der Waals surface area contributed by atoms with E-state index in [2.05, 4.69) is 0 Å². The lowest BCUT2D eigenvalue weighted by Crippen LogP contribution is -1.74. The summed E-state index contributed by atoms with van der Waals surface area (Å²) in [5.74, 6) is 0.225. The molecule has 2 aromatic rings. The fourth-order valence-electron chi connectivity index (χ4n) is 1.35. The number of thiophene rings is 1. The fourth-order valence-corrected chi connectivity index (χ4v) is 2.40. The van der Waals surface area contributed by atoms with Crippen molar-refractivity contribution >= 4 is 21.4 Å². The number of fused-ring (bicyclic) bond motifs is 1. The molecule has 0 spiro atoms. The quantitative estimate of drug-likeness (QED) is 0.731. The maximum atomic E-state index is 9.63. The zero-order valence-corrected chi connectivity index (χ0v) is 8.06.